The highest BCUT2D eigenvalue weighted by atomic mass is 35.5. The summed E-state index contributed by atoms with van der Waals surface area (Å²) in [5.41, 5.74) is 0.635. The molecule has 0 saturated heterocycles. The van der Waals surface area contributed by atoms with Gasteiger partial charge >= 0.3 is 0 Å². The van der Waals surface area contributed by atoms with Crippen molar-refractivity contribution in [1.82, 2.24) is 5.32 Å². The topological polar surface area (TPSA) is 58.2 Å². The van der Waals surface area contributed by atoms with Gasteiger partial charge in [-0.15, -0.1) is 23.2 Å². The molecule has 0 heterocycles. The van der Waals surface area contributed by atoms with E-state index in [0.29, 0.717) is 5.56 Å². The van der Waals surface area contributed by atoms with Crippen LogP contribution in [0.25, 0.3) is 0 Å². The Morgan fingerprint density at radius 1 is 1.03 bits per heavy atom. The lowest BCUT2D eigenvalue weighted by molar-refractivity contribution is -0.117. The molecule has 2 aliphatic rings. The Labute approximate surface area is 201 Å². The zero-order chi connectivity index (χ0) is 23.4. The number of nitrogens with one attached hydrogen (secondary N) is 2. The van der Waals surface area contributed by atoms with Gasteiger partial charge in [0.15, 0.2) is 0 Å². The average molecular weight is 526 g/mol. The highest BCUT2D eigenvalue weighted by Gasteiger charge is 2.67. The summed E-state index contributed by atoms with van der Waals surface area (Å²) in [5, 5.41) is 5.34. The van der Waals surface area contributed by atoms with Crippen molar-refractivity contribution >= 4 is 63.9 Å². The lowest BCUT2D eigenvalue weighted by atomic mass is 9.88. The van der Waals surface area contributed by atoms with Crippen LogP contribution in [0.3, 0.4) is 0 Å². The minimum atomic E-state index is -2.78. The predicted octanol–water partition coefficient (Wildman–Crippen LogP) is 6.19. The number of anilines is 1. The van der Waals surface area contributed by atoms with Crippen molar-refractivity contribution in [2.24, 2.45) is 5.92 Å². The van der Waals surface area contributed by atoms with Crippen LogP contribution in [-0.4, -0.2) is 28.1 Å². The number of rotatable bonds is 5. The third kappa shape index (κ3) is 4.67. The fourth-order valence-corrected chi connectivity index (χ4v) is 5.11. The van der Waals surface area contributed by atoms with Crippen LogP contribution in [-0.2, 0) is 4.79 Å². The molecule has 0 aromatic heterocycles. The van der Waals surface area contributed by atoms with Crippen molar-refractivity contribution in [2.75, 3.05) is 5.32 Å². The van der Waals surface area contributed by atoms with Crippen molar-refractivity contribution in [3.8, 4) is 0 Å². The molecule has 0 spiro atoms. The molecule has 2 fully saturated rings. The van der Waals surface area contributed by atoms with Crippen LogP contribution in [0.1, 0.15) is 34.7 Å². The first kappa shape index (κ1) is 23.5. The van der Waals surface area contributed by atoms with E-state index in [1.807, 2.05) is 0 Å². The molecular formula is C21H15Cl4F3N2O2. The third-order valence-corrected chi connectivity index (χ3v) is 6.97. The van der Waals surface area contributed by atoms with E-state index in [9.17, 15) is 22.8 Å². The maximum absolute atomic E-state index is 13.7. The second kappa shape index (κ2) is 8.28. The van der Waals surface area contributed by atoms with Crippen molar-refractivity contribution in [1.29, 1.82) is 0 Å². The molecule has 2 amide bonds. The molecule has 2 saturated carbocycles. The SMILES string of the molecule is O=C(NC1CC(F)(F)C1)c1cc(NC(=O)C2C(c3cc(F)cc(Cl)c3)C2(Cl)Cl)ccc1Cl. The first-order valence-corrected chi connectivity index (χ1v) is 11.0. The van der Waals surface area contributed by atoms with Gasteiger partial charge in [0.05, 0.1) is 16.5 Å². The van der Waals surface area contributed by atoms with E-state index in [4.69, 9.17) is 46.4 Å². The van der Waals surface area contributed by atoms with Crippen LogP contribution < -0.4 is 10.6 Å². The second-order valence-electron chi connectivity index (χ2n) is 7.95. The molecule has 2 N–H and O–H groups in total. The summed E-state index contributed by atoms with van der Waals surface area (Å²) in [6, 6.07) is 7.35. The first-order chi connectivity index (χ1) is 14.9. The normalized spacial score (nSPS) is 23.2. The Kier molecular flexibility index (Phi) is 6.07. The van der Waals surface area contributed by atoms with Gasteiger partial charge in [0, 0.05) is 35.5 Å². The standard InChI is InChI=1S/C21H15Cl4F3N2O2/c22-10-3-9(4-11(26)5-10)16-17(21(16,24)25)19(32)29-12-1-2-15(23)14(6-12)18(31)30-13-7-20(27,28)8-13/h1-6,13,16-17H,7-8H2,(H,29,32)(H,30,31). The number of benzene rings is 2. The summed E-state index contributed by atoms with van der Waals surface area (Å²) in [6.07, 6.45) is -0.874. The summed E-state index contributed by atoms with van der Waals surface area (Å²) in [4.78, 5) is 25.2. The predicted molar refractivity (Wildman–Crippen MR) is 118 cm³/mol. The molecule has 170 valence electrons. The summed E-state index contributed by atoms with van der Waals surface area (Å²) >= 11 is 24.5. The van der Waals surface area contributed by atoms with E-state index < -0.39 is 58.6 Å². The van der Waals surface area contributed by atoms with Gasteiger partial charge < -0.3 is 10.6 Å². The molecule has 0 aliphatic heterocycles. The first-order valence-electron chi connectivity index (χ1n) is 9.50. The van der Waals surface area contributed by atoms with Crippen molar-refractivity contribution in [3.05, 3.63) is 63.4 Å². The van der Waals surface area contributed by atoms with Crippen molar-refractivity contribution < 1.29 is 22.8 Å². The molecule has 2 atom stereocenters. The van der Waals surface area contributed by atoms with Gasteiger partial charge in [-0.1, -0.05) is 23.2 Å². The number of carbonyl (C=O) groups excluding carboxylic acids is 2. The van der Waals surface area contributed by atoms with Gasteiger partial charge in [0.2, 0.25) is 5.91 Å². The lowest BCUT2D eigenvalue weighted by Crippen LogP contribution is -2.50. The molecule has 11 heteroatoms. The summed E-state index contributed by atoms with van der Waals surface area (Å²) < 4.78 is 38.2. The maximum atomic E-state index is 13.7. The van der Waals surface area contributed by atoms with E-state index in [1.54, 1.807) is 0 Å². The van der Waals surface area contributed by atoms with E-state index in [1.165, 1.54) is 30.3 Å². The molecule has 2 aliphatic carbocycles. The second-order valence-corrected chi connectivity index (χ2v) is 10.2. The quantitative estimate of drug-likeness (QED) is 0.457. The van der Waals surface area contributed by atoms with Crippen LogP contribution in [0, 0.1) is 11.7 Å². The van der Waals surface area contributed by atoms with E-state index in [0.717, 1.165) is 6.07 Å². The summed E-state index contributed by atoms with van der Waals surface area (Å²) in [6.45, 7) is 0. The monoisotopic (exact) mass is 524 g/mol. The smallest absolute Gasteiger partial charge is 0.253 e. The molecular weight excluding hydrogens is 511 g/mol. The number of amides is 2. The molecule has 32 heavy (non-hydrogen) atoms. The number of halogens is 7. The largest absolute Gasteiger partial charge is 0.349 e. The molecule has 2 aromatic rings. The van der Waals surface area contributed by atoms with Crippen LogP contribution in [0.4, 0.5) is 18.9 Å². The summed E-state index contributed by atoms with van der Waals surface area (Å²) in [5.74, 6) is -6.12. The van der Waals surface area contributed by atoms with Crippen LogP contribution >= 0.6 is 46.4 Å². The molecule has 0 radical (unpaired) electrons. The van der Waals surface area contributed by atoms with Gasteiger partial charge in [-0.2, -0.15) is 0 Å². The minimum Gasteiger partial charge on any atom is -0.349 e. The van der Waals surface area contributed by atoms with Gasteiger partial charge in [-0.3, -0.25) is 9.59 Å². The Hall–Kier alpha value is -1.67. The third-order valence-electron chi connectivity index (χ3n) is 5.48. The minimum absolute atomic E-state index is 0.0203. The van der Waals surface area contributed by atoms with Crippen LogP contribution in [0.15, 0.2) is 36.4 Å². The lowest BCUT2D eigenvalue weighted by Gasteiger charge is -2.35. The molecule has 4 rings (SSSR count). The molecule has 0 bridgehead atoms. The van der Waals surface area contributed by atoms with E-state index in [-0.39, 0.29) is 21.3 Å². The van der Waals surface area contributed by atoms with Crippen LogP contribution in [0.2, 0.25) is 10.0 Å². The highest BCUT2D eigenvalue weighted by Crippen LogP contribution is 2.65. The van der Waals surface area contributed by atoms with Crippen molar-refractivity contribution in [3.63, 3.8) is 0 Å². The Bertz CT molecular complexity index is 1080. The van der Waals surface area contributed by atoms with E-state index >= 15 is 0 Å². The van der Waals surface area contributed by atoms with Crippen molar-refractivity contribution in [2.45, 2.75) is 35.1 Å². The maximum Gasteiger partial charge on any atom is 0.253 e. The number of carbonyl (C=O) groups is 2. The zero-order valence-electron chi connectivity index (χ0n) is 16.1. The van der Waals surface area contributed by atoms with Crippen LogP contribution in [0.5, 0.6) is 0 Å². The van der Waals surface area contributed by atoms with Gasteiger partial charge in [-0.05, 0) is 42.0 Å². The Morgan fingerprint density at radius 2 is 1.72 bits per heavy atom. The molecule has 2 unspecified atom stereocenters. The molecule has 4 nitrogen and oxygen atoms in total. The van der Waals surface area contributed by atoms with Gasteiger partial charge in [-0.25, -0.2) is 13.2 Å². The average Bonchev–Trinajstić information content (AvgIpc) is 3.23. The molecule has 2 aromatic carbocycles. The Balaban J connectivity index is 1.46. The number of hydrogen-bond acceptors (Lipinski definition) is 2. The van der Waals surface area contributed by atoms with Gasteiger partial charge in [0.1, 0.15) is 10.2 Å². The number of alkyl halides is 4. The highest BCUT2D eigenvalue weighted by molar-refractivity contribution is 6.53. The fourth-order valence-electron chi connectivity index (χ4n) is 3.85. The van der Waals surface area contributed by atoms with E-state index in [2.05, 4.69) is 10.6 Å². The fraction of sp³-hybridized carbons (Fsp3) is 0.333. The zero-order valence-corrected chi connectivity index (χ0v) is 19.1. The number of hydrogen-bond donors (Lipinski definition) is 2. The summed E-state index contributed by atoms with van der Waals surface area (Å²) in [7, 11) is 0. The van der Waals surface area contributed by atoms with Gasteiger partial charge in [0.25, 0.3) is 11.8 Å². The Morgan fingerprint density at radius 3 is 2.34 bits per heavy atom.